The summed E-state index contributed by atoms with van der Waals surface area (Å²) in [6.07, 6.45) is 0. The summed E-state index contributed by atoms with van der Waals surface area (Å²) >= 11 is 0. The molecule has 0 saturated heterocycles. The Balaban J connectivity index is 2.16. The Kier molecular flexibility index (Phi) is 3.91. The number of nitrogens with one attached hydrogen (secondary N) is 2. The molecule has 0 radical (unpaired) electrons. The number of aromatic nitrogens is 3. The molecule has 2 aromatic rings. The first kappa shape index (κ1) is 13.2. The molecule has 1 amide bonds. The standard InChI is InChI=1S/C13H16N4O2/c1-8(2)11-15-12(17-16-11)13(19)14-10-6-4-3-5-9(10)7-18/h3-6,8,18H,7H2,1-2H3,(H,14,19)(H,15,16,17). The number of carbonyl (C=O) groups excluding carboxylic acids is 1. The molecule has 6 nitrogen and oxygen atoms in total. The molecule has 0 spiro atoms. The van der Waals surface area contributed by atoms with Crippen LogP contribution in [0.15, 0.2) is 24.3 Å². The molecule has 0 aliphatic rings. The number of para-hydroxylation sites is 1. The first-order valence-corrected chi connectivity index (χ1v) is 6.04. The van der Waals surface area contributed by atoms with Gasteiger partial charge in [0, 0.05) is 17.2 Å². The molecule has 0 saturated carbocycles. The van der Waals surface area contributed by atoms with Gasteiger partial charge >= 0.3 is 0 Å². The summed E-state index contributed by atoms with van der Waals surface area (Å²) in [6, 6.07) is 7.05. The number of hydrogen-bond acceptors (Lipinski definition) is 4. The molecule has 100 valence electrons. The lowest BCUT2D eigenvalue weighted by Gasteiger charge is -2.07. The number of nitrogens with zero attached hydrogens (tertiary/aromatic N) is 2. The number of benzene rings is 1. The van der Waals surface area contributed by atoms with Crippen LogP contribution in [0.1, 0.15) is 41.8 Å². The third-order valence-corrected chi connectivity index (χ3v) is 2.69. The Morgan fingerprint density at radius 3 is 2.79 bits per heavy atom. The van der Waals surface area contributed by atoms with E-state index in [1.165, 1.54) is 0 Å². The van der Waals surface area contributed by atoms with Crippen molar-refractivity contribution in [1.82, 2.24) is 15.2 Å². The van der Waals surface area contributed by atoms with E-state index in [9.17, 15) is 9.90 Å². The number of aliphatic hydroxyl groups excluding tert-OH is 1. The van der Waals surface area contributed by atoms with Gasteiger partial charge in [-0.25, -0.2) is 4.98 Å². The van der Waals surface area contributed by atoms with Crippen molar-refractivity contribution in [3.63, 3.8) is 0 Å². The molecule has 3 N–H and O–H groups in total. The average Bonchev–Trinajstić information content (AvgIpc) is 2.89. The van der Waals surface area contributed by atoms with Crippen LogP contribution in [0.2, 0.25) is 0 Å². The number of hydrogen-bond donors (Lipinski definition) is 3. The van der Waals surface area contributed by atoms with Crippen molar-refractivity contribution >= 4 is 11.6 Å². The first-order valence-electron chi connectivity index (χ1n) is 6.04. The van der Waals surface area contributed by atoms with Crippen LogP contribution in [-0.4, -0.2) is 26.2 Å². The summed E-state index contributed by atoms with van der Waals surface area (Å²) in [7, 11) is 0. The van der Waals surface area contributed by atoms with E-state index < -0.39 is 5.91 Å². The lowest BCUT2D eigenvalue weighted by Crippen LogP contribution is -2.15. The fourth-order valence-electron chi connectivity index (χ4n) is 1.59. The molecule has 0 atom stereocenters. The Hall–Kier alpha value is -2.21. The van der Waals surface area contributed by atoms with E-state index >= 15 is 0 Å². The lowest BCUT2D eigenvalue weighted by molar-refractivity contribution is 0.101. The summed E-state index contributed by atoms with van der Waals surface area (Å²) in [5.74, 6) is 0.542. The Morgan fingerprint density at radius 1 is 1.42 bits per heavy atom. The number of aromatic amines is 1. The topological polar surface area (TPSA) is 90.9 Å². The van der Waals surface area contributed by atoms with Gasteiger partial charge in [-0.1, -0.05) is 32.0 Å². The van der Waals surface area contributed by atoms with E-state index in [0.717, 1.165) is 0 Å². The van der Waals surface area contributed by atoms with Crippen molar-refractivity contribution in [2.75, 3.05) is 5.32 Å². The number of aliphatic hydroxyl groups is 1. The molecule has 0 unspecified atom stereocenters. The van der Waals surface area contributed by atoms with E-state index in [4.69, 9.17) is 0 Å². The molecule has 0 aliphatic carbocycles. The molecule has 1 aromatic carbocycles. The highest BCUT2D eigenvalue weighted by atomic mass is 16.3. The van der Waals surface area contributed by atoms with Crippen molar-refractivity contribution in [3.05, 3.63) is 41.5 Å². The Morgan fingerprint density at radius 2 is 2.16 bits per heavy atom. The quantitative estimate of drug-likeness (QED) is 0.780. The normalized spacial score (nSPS) is 10.7. The molecule has 19 heavy (non-hydrogen) atoms. The second-order valence-electron chi connectivity index (χ2n) is 4.47. The molecular formula is C13H16N4O2. The minimum atomic E-state index is -0.399. The number of rotatable bonds is 4. The Labute approximate surface area is 110 Å². The molecule has 0 fully saturated rings. The molecule has 2 rings (SSSR count). The van der Waals surface area contributed by atoms with Gasteiger partial charge in [0.05, 0.1) is 6.61 Å². The fraction of sp³-hybridized carbons (Fsp3) is 0.308. The maximum Gasteiger partial charge on any atom is 0.295 e. The van der Waals surface area contributed by atoms with Gasteiger partial charge < -0.3 is 10.4 Å². The van der Waals surface area contributed by atoms with Crippen LogP contribution in [0.25, 0.3) is 0 Å². The number of anilines is 1. The van der Waals surface area contributed by atoms with E-state index in [1.54, 1.807) is 24.3 Å². The molecule has 1 aromatic heterocycles. The predicted molar refractivity (Wildman–Crippen MR) is 70.8 cm³/mol. The average molecular weight is 260 g/mol. The highest BCUT2D eigenvalue weighted by Crippen LogP contribution is 2.15. The van der Waals surface area contributed by atoms with Crippen LogP contribution in [0.3, 0.4) is 0 Å². The van der Waals surface area contributed by atoms with Gasteiger partial charge in [0.25, 0.3) is 5.91 Å². The summed E-state index contributed by atoms with van der Waals surface area (Å²) in [4.78, 5) is 16.1. The van der Waals surface area contributed by atoms with Crippen LogP contribution in [0.4, 0.5) is 5.69 Å². The van der Waals surface area contributed by atoms with Crippen molar-refractivity contribution < 1.29 is 9.90 Å². The van der Waals surface area contributed by atoms with Gasteiger partial charge in [0.1, 0.15) is 5.82 Å². The zero-order valence-electron chi connectivity index (χ0n) is 10.8. The third kappa shape index (κ3) is 2.97. The highest BCUT2D eigenvalue weighted by Gasteiger charge is 2.15. The van der Waals surface area contributed by atoms with Gasteiger partial charge in [-0.15, -0.1) is 5.10 Å². The van der Waals surface area contributed by atoms with Crippen molar-refractivity contribution in [2.24, 2.45) is 0 Å². The molecular weight excluding hydrogens is 244 g/mol. The van der Waals surface area contributed by atoms with Gasteiger partial charge in [-0.05, 0) is 6.07 Å². The number of amides is 1. The van der Waals surface area contributed by atoms with Crippen molar-refractivity contribution in [2.45, 2.75) is 26.4 Å². The molecule has 0 bridgehead atoms. The van der Waals surface area contributed by atoms with Crippen LogP contribution < -0.4 is 5.32 Å². The molecule has 1 heterocycles. The zero-order chi connectivity index (χ0) is 13.8. The third-order valence-electron chi connectivity index (χ3n) is 2.69. The number of H-pyrrole nitrogens is 1. The summed E-state index contributed by atoms with van der Waals surface area (Å²) in [5.41, 5.74) is 1.21. The monoisotopic (exact) mass is 260 g/mol. The molecule has 6 heteroatoms. The van der Waals surface area contributed by atoms with Crippen molar-refractivity contribution in [1.29, 1.82) is 0 Å². The maximum absolute atomic E-state index is 12.0. The van der Waals surface area contributed by atoms with E-state index in [-0.39, 0.29) is 18.3 Å². The van der Waals surface area contributed by atoms with E-state index in [0.29, 0.717) is 17.1 Å². The minimum Gasteiger partial charge on any atom is -0.392 e. The lowest BCUT2D eigenvalue weighted by atomic mass is 10.2. The van der Waals surface area contributed by atoms with Crippen LogP contribution >= 0.6 is 0 Å². The van der Waals surface area contributed by atoms with Crippen LogP contribution in [0.5, 0.6) is 0 Å². The summed E-state index contributed by atoms with van der Waals surface area (Å²) in [5, 5.41) is 18.5. The van der Waals surface area contributed by atoms with Crippen LogP contribution in [0, 0.1) is 0 Å². The first-order chi connectivity index (χ1) is 9.11. The van der Waals surface area contributed by atoms with Gasteiger partial charge in [-0.3, -0.25) is 9.89 Å². The van der Waals surface area contributed by atoms with Gasteiger partial charge in [-0.2, -0.15) is 0 Å². The van der Waals surface area contributed by atoms with E-state index in [2.05, 4.69) is 20.5 Å². The van der Waals surface area contributed by atoms with Gasteiger partial charge in [0.15, 0.2) is 0 Å². The smallest absolute Gasteiger partial charge is 0.295 e. The maximum atomic E-state index is 12.0. The van der Waals surface area contributed by atoms with Crippen molar-refractivity contribution in [3.8, 4) is 0 Å². The zero-order valence-corrected chi connectivity index (χ0v) is 10.8. The summed E-state index contributed by atoms with van der Waals surface area (Å²) < 4.78 is 0. The number of carbonyl (C=O) groups is 1. The highest BCUT2D eigenvalue weighted by molar-refractivity contribution is 6.01. The fourth-order valence-corrected chi connectivity index (χ4v) is 1.59. The molecule has 0 aliphatic heterocycles. The minimum absolute atomic E-state index is 0.0939. The SMILES string of the molecule is CC(C)c1nc(C(=O)Nc2ccccc2CO)n[nH]1. The second kappa shape index (κ2) is 5.62. The largest absolute Gasteiger partial charge is 0.392 e. The van der Waals surface area contributed by atoms with Crippen LogP contribution in [-0.2, 0) is 6.61 Å². The summed E-state index contributed by atoms with van der Waals surface area (Å²) in [6.45, 7) is 3.79. The second-order valence-corrected chi connectivity index (χ2v) is 4.47. The predicted octanol–water partition coefficient (Wildman–Crippen LogP) is 1.67. The van der Waals surface area contributed by atoms with E-state index in [1.807, 2.05) is 13.8 Å². The Bertz CT molecular complexity index is 578. The van der Waals surface area contributed by atoms with Gasteiger partial charge in [0.2, 0.25) is 5.82 Å².